The molecule has 0 aliphatic heterocycles. The topological polar surface area (TPSA) is 26.3 Å². The summed E-state index contributed by atoms with van der Waals surface area (Å²) >= 11 is 1.75. The third-order valence-corrected chi connectivity index (χ3v) is 4.51. The van der Waals surface area contributed by atoms with E-state index in [9.17, 15) is 4.79 Å². The molecule has 0 N–H and O–H groups in total. The third kappa shape index (κ3) is 3.29. The van der Waals surface area contributed by atoms with Crippen molar-refractivity contribution in [3.63, 3.8) is 0 Å². The first-order valence-electron chi connectivity index (χ1n) is 6.62. The Morgan fingerprint density at radius 2 is 2.17 bits per heavy atom. The SMILES string of the molecule is CCOC(=O)C(C)CSc1ccc2c(c1)CCC2. The maximum atomic E-state index is 11.5. The molecular formula is C15H20O2S. The van der Waals surface area contributed by atoms with Gasteiger partial charge in [-0.2, -0.15) is 0 Å². The van der Waals surface area contributed by atoms with Crippen LogP contribution in [0.3, 0.4) is 0 Å². The van der Waals surface area contributed by atoms with Gasteiger partial charge in [-0.05, 0) is 49.4 Å². The summed E-state index contributed by atoms with van der Waals surface area (Å²) in [6.07, 6.45) is 3.71. The molecule has 2 nitrogen and oxygen atoms in total. The Kier molecular flexibility index (Phi) is 4.70. The number of carbonyl (C=O) groups is 1. The largest absolute Gasteiger partial charge is 0.466 e. The van der Waals surface area contributed by atoms with Gasteiger partial charge in [0.25, 0.3) is 0 Å². The number of ether oxygens (including phenoxy) is 1. The summed E-state index contributed by atoms with van der Waals surface area (Å²) < 4.78 is 5.01. The zero-order valence-electron chi connectivity index (χ0n) is 11.1. The molecule has 1 unspecified atom stereocenters. The number of aryl methyl sites for hydroxylation is 2. The number of hydrogen-bond acceptors (Lipinski definition) is 3. The summed E-state index contributed by atoms with van der Waals surface area (Å²) in [5.41, 5.74) is 2.99. The monoisotopic (exact) mass is 264 g/mol. The lowest BCUT2D eigenvalue weighted by Gasteiger charge is -2.10. The van der Waals surface area contributed by atoms with E-state index in [1.807, 2.05) is 13.8 Å². The van der Waals surface area contributed by atoms with Crippen molar-refractivity contribution in [2.75, 3.05) is 12.4 Å². The molecule has 0 spiro atoms. The molecular weight excluding hydrogens is 244 g/mol. The van der Waals surface area contributed by atoms with Crippen LogP contribution in [0.25, 0.3) is 0 Å². The minimum Gasteiger partial charge on any atom is -0.466 e. The zero-order chi connectivity index (χ0) is 13.0. The number of esters is 1. The summed E-state index contributed by atoms with van der Waals surface area (Å²) in [7, 11) is 0. The van der Waals surface area contributed by atoms with Gasteiger partial charge in [-0.1, -0.05) is 13.0 Å². The highest BCUT2D eigenvalue weighted by Crippen LogP contribution is 2.28. The predicted molar refractivity (Wildman–Crippen MR) is 75.0 cm³/mol. The van der Waals surface area contributed by atoms with Crippen molar-refractivity contribution in [2.45, 2.75) is 38.0 Å². The van der Waals surface area contributed by atoms with Crippen molar-refractivity contribution in [3.05, 3.63) is 29.3 Å². The van der Waals surface area contributed by atoms with Crippen LogP contribution in [-0.2, 0) is 22.4 Å². The highest BCUT2D eigenvalue weighted by Gasteiger charge is 2.15. The summed E-state index contributed by atoms with van der Waals surface area (Å²) in [4.78, 5) is 12.8. The first kappa shape index (κ1) is 13.5. The number of thioether (sulfide) groups is 1. The maximum absolute atomic E-state index is 11.5. The van der Waals surface area contributed by atoms with Crippen LogP contribution in [0.4, 0.5) is 0 Å². The molecule has 0 bridgehead atoms. The van der Waals surface area contributed by atoms with E-state index in [0.717, 1.165) is 5.75 Å². The van der Waals surface area contributed by atoms with Crippen LogP contribution in [0.15, 0.2) is 23.1 Å². The molecule has 18 heavy (non-hydrogen) atoms. The first-order chi connectivity index (χ1) is 8.70. The Bertz CT molecular complexity index is 429. The van der Waals surface area contributed by atoms with Gasteiger partial charge in [-0.3, -0.25) is 4.79 Å². The van der Waals surface area contributed by atoms with E-state index in [1.165, 1.54) is 35.3 Å². The van der Waals surface area contributed by atoms with Crippen LogP contribution >= 0.6 is 11.8 Å². The van der Waals surface area contributed by atoms with E-state index in [4.69, 9.17) is 4.74 Å². The molecule has 0 saturated carbocycles. The average molecular weight is 264 g/mol. The van der Waals surface area contributed by atoms with E-state index in [-0.39, 0.29) is 11.9 Å². The van der Waals surface area contributed by atoms with E-state index in [1.54, 1.807) is 11.8 Å². The lowest BCUT2D eigenvalue weighted by atomic mass is 10.1. The molecule has 0 heterocycles. The minimum atomic E-state index is -0.0915. The van der Waals surface area contributed by atoms with E-state index >= 15 is 0 Å². The summed E-state index contributed by atoms with van der Waals surface area (Å²) in [6.45, 7) is 4.24. The van der Waals surface area contributed by atoms with Gasteiger partial charge in [0.15, 0.2) is 0 Å². The summed E-state index contributed by atoms with van der Waals surface area (Å²) in [5, 5.41) is 0. The second-order valence-electron chi connectivity index (χ2n) is 4.75. The Balaban J connectivity index is 1.88. The zero-order valence-corrected chi connectivity index (χ0v) is 11.9. The third-order valence-electron chi connectivity index (χ3n) is 3.26. The lowest BCUT2D eigenvalue weighted by molar-refractivity contribution is -0.146. The normalized spacial score (nSPS) is 15.2. The highest BCUT2D eigenvalue weighted by atomic mass is 32.2. The average Bonchev–Trinajstić information content (AvgIpc) is 2.83. The molecule has 0 fully saturated rings. The quantitative estimate of drug-likeness (QED) is 0.602. The molecule has 1 aliphatic carbocycles. The van der Waals surface area contributed by atoms with Crippen LogP contribution in [0.1, 0.15) is 31.4 Å². The molecule has 0 aromatic heterocycles. The molecule has 2 rings (SSSR count). The minimum absolute atomic E-state index is 0.0387. The van der Waals surface area contributed by atoms with Gasteiger partial charge in [0, 0.05) is 10.6 Å². The molecule has 98 valence electrons. The predicted octanol–water partition coefficient (Wildman–Crippen LogP) is 3.47. The van der Waals surface area contributed by atoms with Crippen LogP contribution in [0.5, 0.6) is 0 Å². The number of carbonyl (C=O) groups excluding carboxylic acids is 1. The van der Waals surface area contributed by atoms with E-state index < -0.39 is 0 Å². The second-order valence-corrected chi connectivity index (χ2v) is 5.84. The Labute approximate surface area is 113 Å². The highest BCUT2D eigenvalue weighted by molar-refractivity contribution is 7.99. The van der Waals surface area contributed by atoms with Gasteiger partial charge in [-0.15, -0.1) is 11.8 Å². The lowest BCUT2D eigenvalue weighted by Crippen LogP contribution is -2.16. The fourth-order valence-corrected chi connectivity index (χ4v) is 3.18. The van der Waals surface area contributed by atoms with Gasteiger partial charge in [0.05, 0.1) is 12.5 Å². The first-order valence-corrected chi connectivity index (χ1v) is 7.60. The van der Waals surface area contributed by atoms with Gasteiger partial charge in [-0.25, -0.2) is 0 Å². The van der Waals surface area contributed by atoms with Crippen molar-refractivity contribution in [2.24, 2.45) is 5.92 Å². The van der Waals surface area contributed by atoms with E-state index in [0.29, 0.717) is 6.61 Å². The van der Waals surface area contributed by atoms with Crippen molar-refractivity contribution < 1.29 is 9.53 Å². The number of fused-ring (bicyclic) bond motifs is 1. The Morgan fingerprint density at radius 3 is 2.94 bits per heavy atom. The number of rotatable bonds is 5. The fraction of sp³-hybridized carbons (Fsp3) is 0.533. The van der Waals surface area contributed by atoms with Crippen molar-refractivity contribution in [1.29, 1.82) is 0 Å². The van der Waals surface area contributed by atoms with Crippen LogP contribution in [-0.4, -0.2) is 18.3 Å². The van der Waals surface area contributed by atoms with Crippen LogP contribution in [0, 0.1) is 5.92 Å². The Morgan fingerprint density at radius 1 is 1.39 bits per heavy atom. The molecule has 0 saturated heterocycles. The number of benzene rings is 1. The summed E-state index contributed by atoms with van der Waals surface area (Å²) in [5.74, 6) is 0.659. The van der Waals surface area contributed by atoms with Crippen molar-refractivity contribution in [3.8, 4) is 0 Å². The van der Waals surface area contributed by atoms with Gasteiger partial charge in [0.2, 0.25) is 0 Å². The molecule has 1 atom stereocenters. The summed E-state index contributed by atoms with van der Waals surface area (Å²) in [6, 6.07) is 6.69. The smallest absolute Gasteiger partial charge is 0.309 e. The van der Waals surface area contributed by atoms with Gasteiger partial charge in [0.1, 0.15) is 0 Å². The van der Waals surface area contributed by atoms with Crippen molar-refractivity contribution >= 4 is 17.7 Å². The van der Waals surface area contributed by atoms with E-state index in [2.05, 4.69) is 18.2 Å². The Hall–Kier alpha value is -0.960. The fourth-order valence-electron chi connectivity index (χ4n) is 2.21. The van der Waals surface area contributed by atoms with Crippen molar-refractivity contribution in [1.82, 2.24) is 0 Å². The standard InChI is InChI=1S/C15H20O2S/c1-3-17-15(16)11(2)10-18-14-8-7-12-5-4-6-13(12)9-14/h7-9,11H,3-6,10H2,1-2H3. The molecule has 3 heteroatoms. The molecule has 0 radical (unpaired) electrons. The molecule has 1 aromatic carbocycles. The van der Waals surface area contributed by atoms with Gasteiger partial charge >= 0.3 is 5.97 Å². The maximum Gasteiger partial charge on any atom is 0.309 e. The van der Waals surface area contributed by atoms with Gasteiger partial charge < -0.3 is 4.74 Å². The van der Waals surface area contributed by atoms with Crippen LogP contribution in [0.2, 0.25) is 0 Å². The van der Waals surface area contributed by atoms with Crippen LogP contribution < -0.4 is 0 Å². The molecule has 0 amide bonds. The molecule has 1 aromatic rings. The second kappa shape index (κ2) is 6.28. The molecule has 1 aliphatic rings. The number of hydrogen-bond donors (Lipinski definition) is 0.